The Labute approximate surface area is 233 Å². The van der Waals surface area contributed by atoms with Crippen LogP contribution < -0.4 is 18.9 Å². The number of ketones is 1. The highest BCUT2D eigenvalue weighted by atomic mass is 16.6. The summed E-state index contributed by atoms with van der Waals surface area (Å²) in [4.78, 5) is 28.4. The van der Waals surface area contributed by atoms with E-state index in [0.29, 0.717) is 53.9 Å². The Morgan fingerprint density at radius 2 is 1.73 bits per heavy atom. The van der Waals surface area contributed by atoms with E-state index in [9.17, 15) is 14.7 Å². The zero-order valence-corrected chi connectivity index (χ0v) is 22.7. The van der Waals surface area contributed by atoms with Crippen LogP contribution in [-0.2, 0) is 16.1 Å². The van der Waals surface area contributed by atoms with Crippen LogP contribution in [0.5, 0.6) is 23.0 Å². The van der Waals surface area contributed by atoms with Gasteiger partial charge in [-0.15, -0.1) is 0 Å². The number of benzene rings is 3. The topological polar surface area (TPSA) is 94.5 Å². The summed E-state index contributed by atoms with van der Waals surface area (Å²) in [5.74, 6) is 0.362. The van der Waals surface area contributed by atoms with Gasteiger partial charge in [-0.25, -0.2) is 0 Å². The third-order valence-corrected chi connectivity index (χ3v) is 7.06. The predicted octanol–water partition coefficient (Wildman–Crippen LogP) is 5.66. The second-order valence-electron chi connectivity index (χ2n) is 9.74. The van der Waals surface area contributed by atoms with E-state index in [4.69, 9.17) is 18.9 Å². The molecule has 0 aliphatic carbocycles. The Balaban J connectivity index is 1.58. The highest BCUT2D eigenvalue weighted by Crippen LogP contribution is 2.43. The number of Topliss-reactive ketones (excluding diaryl/α,β-unsaturated/α-hetero) is 1. The largest absolute Gasteiger partial charge is 0.507 e. The lowest BCUT2D eigenvalue weighted by Gasteiger charge is -2.26. The van der Waals surface area contributed by atoms with Crippen molar-refractivity contribution in [1.82, 2.24) is 4.90 Å². The molecule has 3 aromatic rings. The fraction of sp³-hybridized carbons (Fsp3) is 0.312. The Hall–Kier alpha value is -4.46. The molecule has 1 N–H and O–H groups in total. The number of unbranched alkanes of at least 4 members (excludes halogenated alkanes) is 2. The maximum absolute atomic E-state index is 13.5. The normalized spacial score (nSPS) is 17.6. The van der Waals surface area contributed by atoms with Gasteiger partial charge >= 0.3 is 0 Å². The molecule has 0 aromatic heterocycles. The third kappa shape index (κ3) is 5.47. The van der Waals surface area contributed by atoms with Gasteiger partial charge in [-0.1, -0.05) is 56.2 Å². The van der Waals surface area contributed by atoms with Crippen molar-refractivity contribution in [3.05, 3.63) is 89.0 Å². The molecule has 1 unspecified atom stereocenters. The molecule has 1 amide bonds. The van der Waals surface area contributed by atoms with Crippen molar-refractivity contribution in [3.8, 4) is 23.0 Å². The number of amides is 1. The molecular weight excluding hydrogens is 510 g/mol. The maximum atomic E-state index is 13.5. The average Bonchev–Trinajstić information content (AvgIpc) is 3.24. The predicted molar refractivity (Wildman–Crippen MR) is 150 cm³/mol. The lowest BCUT2D eigenvalue weighted by Crippen LogP contribution is -2.29. The van der Waals surface area contributed by atoms with Crippen LogP contribution in [0.25, 0.3) is 5.76 Å². The molecule has 0 bridgehead atoms. The van der Waals surface area contributed by atoms with Gasteiger partial charge in [0.2, 0.25) is 0 Å². The number of nitrogens with zero attached hydrogens (tertiary/aromatic N) is 1. The molecule has 0 radical (unpaired) electrons. The fourth-order valence-electron chi connectivity index (χ4n) is 5.02. The van der Waals surface area contributed by atoms with E-state index in [2.05, 4.69) is 6.92 Å². The van der Waals surface area contributed by atoms with E-state index < -0.39 is 17.7 Å². The molecule has 8 heteroatoms. The molecule has 40 heavy (non-hydrogen) atoms. The van der Waals surface area contributed by atoms with Crippen LogP contribution in [0, 0.1) is 0 Å². The van der Waals surface area contributed by atoms with Crippen molar-refractivity contribution in [3.63, 3.8) is 0 Å². The van der Waals surface area contributed by atoms with E-state index in [0.717, 1.165) is 24.8 Å². The summed E-state index contributed by atoms with van der Waals surface area (Å²) >= 11 is 0. The van der Waals surface area contributed by atoms with E-state index in [1.165, 1.54) is 4.90 Å². The number of carbonyl (C=O) groups is 2. The quantitative estimate of drug-likeness (QED) is 0.153. The molecule has 8 nitrogen and oxygen atoms in total. The van der Waals surface area contributed by atoms with Gasteiger partial charge < -0.3 is 29.0 Å². The van der Waals surface area contributed by atoms with Crippen LogP contribution >= 0.6 is 0 Å². The fourth-order valence-corrected chi connectivity index (χ4v) is 5.02. The van der Waals surface area contributed by atoms with Gasteiger partial charge in [-0.05, 0) is 47.9 Å². The first-order valence-electron chi connectivity index (χ1n) is 13.5. The second kappa shape index (κ2) is 12.2. The monoisotopic (exact) mass is 543 g/mol. The first kappa shape index (κ1) is 27.1. The molecule has 2 heterocycles. The summed E-state index contributed by atoms with van der Waals surface area (Å²) in [7, 11) is 1.55. The number of carbonyl (C=O) groups excluding carboxylic acids is 2. The lowest BCUT2D eigenvalue weighted by molar-refractivity contribution is -0.140. The first-order chi connectivity index (χ1) is 19.5. The number of fused-ring (bicyclic) bond motifs is 1. The molecule has 1 fully saturated rings. The van der Waals surface area contributed by atoms with E-state index in [1.54, 1.807) is 37.4 Å². The molecule has 208 valence electrons. The van der Waals surface area contributed by atoms with Gasteiger partial charge in [0.1, 0.15) is 19.0 Å². The summed E-state index contributed by atoms with van der Waals surface area (Å²) in [5, 5.41) is 11.5. The molecule has 2 aliphatic rings. The molecule has 1 saturated heterocycles. The number of aliphatic hydroxyl groups excluding tert-OH is 1. The zero-order chi connectivity index (χ0) is 28.1. The summed E-state index contributed by atoms with van der Waals surface area (Å²) in [5.41, 5.74) is 1.83. The van der Waals surface area contributed by atoms with Gasteiger partial charge in [0, 0.05) is 12.1 Å². The molecular formula is C32H33NO7. The Morgan fingerprint density at radius 1 is 0.950 bits per heavy atom. The van der Waals surface area contributed by atoms with Crippen LogP contribution in [0.4, 0.5) is 0 Å². The molecule has 2 aliphatic heterocycles. The number of hydrogen-bond donors (Lipinski definition) is 1. The van der Waals surface area contributed by atoms with Crippen molar-refractivity contribution in [2.75, 3.05) is 26.9 Å². The average molecular weight is 544 g/mol. The zero-order valence-electron chi connectivity index (χ0n) is 22.7. The molecule has 3 aromatic carbocycles. The van der Waals surface area contributed by atoms with E-state index in [-0.39, 0.29) is 17.9 Å². The third-order valence-electron chi connectivity index (χ3n) is 7.06. The first-order valence-corrected chi connectivity index (χ1v) is 13.5. The van der Waals surface area contributed by atoms with Gasteiger partial charge in [0.15, 0.2) is 23.0 Å². The van der Waals surface area contributed by atoms with Crippen molar-refractivity contribution >= 4 is 17.4 Å². The van der Waals surface area contributed by atoms with Crippen LogP contribution in [0.3, 0.4) is 0 Å². The summed E-state index contributed by atoms with van der Waals surface area (Å²) < 4.78 is 22.9. The smallest absolute Gasteiger partial charge is 0.295 e. The van der Waals surface area contributed by atoms with Gasteiger partial charge in [0.05, 0.1) is 25.3 Å². The molecule has 5 rings (SSSR count). The minimum atomic E-state index is -0.851. The van der Waals surface area contributed by atoms with Crippen LogP contribution in [0.15, 0.2) is 72.3 Å². The van der Waals surface area contributed by atoms with Crippen molar-refractivity contribution in [1.29, 1.82) is 0 Å². The Bertz CT molecular complexity index is 1420. The molecule has 0 saturated carbocycles. The van der Waals surface area contributed by atoms with Crippen LogP contribution in [0.2, 0.25) is 0 Å². The Morgan fingerprint density at radius 3 is 2.48 bits per heavy atom. The minimum absolute atomic E-state index is 0.00345. The van der Waals surface area contributed by atoms with Crippen LogP contribution in [0.1, 0.15) is 48.9 Å². The van der Waals surface area contributed by atoms with Crippen molar-refractivity contribution in [2.24, 2.45) is 0 Å². The maximum Gasteiger partial charge on any atom is 0.295 e. The summed E-state index contributed by atoms with van der Waals surface area (Å²) in [6.45, 7) is 3.69. The van der Waals surface area contributed by atoms with E-state index >= 15 is 0 Å². The standard InChI is InChI=1S/C32H33NO7/c1-3-4-8-15-38-24-13-11-22(18-26(24)37-2)29-28(30(34)23-12-14-25-27(19-23)40-17-16-39-25)31(35)32(36)33(29)20-21-9-6-5-7-10-21/h5-7,9-14,18-19,29,34H,3-4,8,15-17,20H2,1-2H3. The van der Waals surface area contributed by atoms with E-state index in [1.807, 2.05) is 36.4 Å². The minimum Gasteiger partial charge on any atom is -0.507 e. The summed E-state index contributed by atoms with van der Waals surface area (Å²) in [6, 6.07) is 18.9. The second-order valence-corrected chi connectivity index (χ2v) is 9.74. The highest BCUT2D eigenvalue weighted by Gasteiger charge is 2.46. The van der Waals surface area contributed by atoms with Gasteiger partial charge in [-0.2, -0.15) is 0 Å². The van der Waals surface area contributed by atoms with Gasteiger partial charge in [-0.3, -0.25) is 9.59 Å². The number of likely N-dealkylation sites (tertiary alicyclic amines) is 1. The number of aliphatic hydroxyl groups is 1. The van der Waals surface area contributed by atoms with Crippen molar-refractivity contribution < 1.29 is 33.6 Å². The summed E-state index contributed by atoms with van der Waals surface area (Å²) in [6.07, 6.45) is 3.07. The molecule has 1 atom stereocenters. The molecule has 0 spiro atoms. The van der Waals surface area contributed by atoms with Gasteiger partial charge in [0.25, 0.3) is 11.7 Å². The number of rotatable bonds is 10. The Kier molecular flexibility index (Phi) is 8.24. The van der Waals surface area contributed by atoms with Crippen LogP contribution in [-0.4, -0.2) is 48.6 Å². The van der Waals surface area contributed by atoms with Crippen molar-refractivity contribution in [2.45, 2.75) is 38.8 Å². The lowest BCUT2D eigenvalue weighted by atomic mass is 9.94. The SMILES string of the molecule is CCCCCOc1ccc(C2C(=C(O)c3ccc4c(c3)OCCO4)C(=O)C(=O)N2Cc2ccccc2)cc1OC. The number of hydrogen-bond acceptors (Lipinski definition) is 7. The number of methoxy groups -OCH3 is 1. The number of ether oxygens (including phenoxy) is 4. The highest BCUT2D eigenvalue weighted by molar-refractivity contribution is 6.46.